The third-order valence-electron chi connectivity index (χ3n) is 5.82. The summed E-state index contributed by atoms with van der Waals surface area (Å²) in [6.07, 6.45) is 4.40. The van der Waals surface area contributed by atoms with Crippen molar-refractivity contribution in [3.8, 4) is 11.3 Å². The van der Waals surface area contributed by atoms with Crippen LogP contribution in [0.15, 0.2) is 42.7 Å². The van der Waals surface area contributed by atoms with E-state index in [9.17, 15) is 5.11 Å². The lowest BCUT2D eigenvalue weighted by Gasteiger charge is -2.29. The minimum atomic E-state index is 0. The van der Waals surface area contributed by atoms with Gasteiger partial charge in [0.1, 0.15) is 5.52 Å². The monoisotopic (exact) mass is 425 g/mol. The second-order valence-corrected chi connectivity index (χ2v) is 7.68. The number of anilines is 2. The van der Waals surface area contributed by atoms with Crippen molar-refractivity contribution in [2.45, 2.75) is 6.42 Å². The minimum Gasteiger partial charge on any atom is -0.396 e. The first-order valence-corrected chi connectivity index (χ1v) is 10.2. The van der Waals surface area contributed by atoms with E-state index in [-0.39, 0.29) is 20.1 Å². The Bertz CT molecular complexity index is 994. The van der Waals surface area contributed by atoms with E-state index in [4.69, 9.17) is 9.72 Å². The van der Waals surface area contributed by atoms with Crippen LogP contribution in [0.5, 0.6) is 0 Å². The molecule has 0 saturated carbocycles. The predicted octanol–water partition coefficient (Wildman–Crippen LogP) is 2.46. The van der Waals surface area contributed by atoms with Gasteiger partial charge in [-0.15, -0.1) is 0 Å². The molecule has 2 aliphatic rings. The van der Waals surface area contributed by atoms with Crippen LogP contribution in [-0.4, -0.2) is 66.1 Å². The molecule has 2 fully saturated rings. The Morgan fingerprint density at radius 2 is 1.77 bits per heavy atom. The Hall–Kier alpha value is -2.42. The number of fused-ring (bicyclic) bond motifs is 1. The fraction of sp³-hybridized carbons (Fsp3) is 0.409. The Labute approximate surface area is 183 Å². The van der Waals surface area contributed by atoms with Crippen LogP contribution in [0.2, 0.25) is 0 Å². The van der Waals surface area contributed by atoms with Gasteiger partial charge in [-0.05, 0) is 24.6 Å². The molecule has 1 atom stereocenters. The van der Waals surface area contributed by atoms with Crippen molar-refractivity contribution >= 4 is 36.0 Å². The molecule has 0 aliphatic carbocycles. The average molecular weight is 426 g/mol. The number of aliphatic hydroxyl groups excluding tert-OH is 1. The molecule has 0 bridgehead atoms. The molecule has 1 N–H and O–H groups in total. The van der Waals surface area contributed by atoms with Gasteiger partial charge in [-0.3, -0.25) is 4.98 Å². The molecule has 2 aromatic heterocycles. The molecular weight excluding hydrogens is 398 g/mol. The zero-order valence-electron chi connectivity index (χ0n) is 16.9. The first-order chi connectivity index (χ1) is 14.3. The average Bonchev–Trinajstić information content (AvgIpc) is 3.28. The van der Waals surface area contributed by atoms with E-state index in [1.165, 1.54) is 5.69 Å². The highest BCUT2D eigenvalue weighted by atomic mass is 32.1. The topological polar surface area (TPSA) is 74.6 Å². The maximum atomic E-state index is 9.52. The van der Waals surface area contributed by atoms with E-state index in [0.717, 1.165) is 73.9 Å². The highest BCUT2D eigenvalue weighted by Gasteiger charge is 2.25. The fourth-order valence-electron chi connectivity index (χ4n) is 4.16. The smallest absolute Gasteiger partial charge is 0.157 e. The van der Waals surface area contributed by atoms with Crippen LogP contribution in [0.1, 0.15) is 6.42 Å². The predicted molar refractivity (Wildman–Crippen MR) is 124 cm³/mol. The van der Waals surface area contributed by atoms with Gasteiger partial charge in [0.2, 0.25) is 0 Å². The van der Waals surface area contributed by atoms with E-state index in [1.807, 2.05) is 6.07 Å². The van der Waals surface area contributed by atoms with E-state index in [0.29, 0.717) is 5.92 Å². The summed E-state index contributed by atoms with van der Waals surface area (Å²) in [5.74, 6) is 1.15. The molecule has 7 nitrogen and oxygen atoms in total. The van der Waals surface area contributed by atoms with Gasteiger partial charge >= 0.3 is 0 Å². The summed E-state index contributed by atoms with van der Waals surface area (Å²) in [4.78, 5) is 18.6. The number of pyridine rings is 1. The molecule has 8 heteroatoms. The molecule has 1 aromatic carbocycles. The largest absolute Gasteiger partial charge is 0.396 e. The zero-order valence-corrected chi connectivity index (χ0v) is 17.9. The quantitative estimate of drug-likeness (QED) is 0.688. The number of nitrogens with zero attached hydrogens (tertiary/aromatic N) is 5. The Morgan fingerprint density at radius 3 is 2.50 bits per heavy atom. The lowest BCUT2D eigenvalue weighted by Crippen LogP contribution is -2.36. The number of ether oxygens (including phenoxy) is 1. The van der Waals surface area contributed by atoms with Crippen molar-refractivity contribution in [2.24, 2.45) is 5.92 Å². The number of hydrogen-bond donors (Lipinski definition) is 1. The van der Waals surface area contributed by atoms with Crippen LogP contribution in [0.25, 0.3) is 22.3 Å². The minimum absolute atomic E-state index is 0. The van der Waals surface area contributed by atoms with Crippen LogP contribution in [0.3, 0.4) is 0 Å². The molecule has 158 valence electrons. The number of morpholine rings is 1. The van der Waals surface area contributed by atoms with E-state index in [2.05, 4.69) is 44.0 Å². The van der Waals surface area contributed by atoms with Gasteiger partial charge in [-0.1, -0.05) is 12.1 Å². The van der Waals surface area contributed by atoms with Crippen LogP contribution in [-0.2, 0) is 4.74 Å². The Kier molecular flexibility index (Phi) is 6.36. The van der Waals surface area contributed by atoms with E-state index >= 15 is 0 Å². The molecule has 5 rings (SSSR count). The zero-order chi connectivity index (χ0) is 19.6. The maximum Gasteiger partial charge on any atom is 0.157 e. The molecule has 0 radical (unpaired) electrons. The highest BCUT2D eigenvalue weighted by Crippen LogP contribution is 2.31. The van der Waals surface area contributed by atoms with Crippen LogP contribution in [0.4, 0.5) is 11.5 Å². The third kappa shape index (κ3) is 4.08. The molecule has 2 saturated heterocycles. The number of rotatable bonds is 4. The number of benzene rings is 1. The van der Waals surface area contributed by atoms with Crippen LogP contribution in [0, 0.1) is 5.92 Å². The highest BCUT2D eigenvalue weighted by molar-refractivity contribution is 7.59. The second kappa shape index (κ2) is 9.16. The van der Waals surface area contributed by atoms with Gasteiger partial charge in [-0.25, -0.2) is 9.97 Å². The van der Waals surface area contributed by atoms with Crippen molar-refractivity contribution in [3.63, 3.8) is 0 Å². The van der Waals surface area contributed by atoms with E-state index in [1.54, 1.807) is 12.4 Å². The van der Waals surface area contributed by atoms with Crippen molar-refractivity contribution < 1.29 is 9.84 Å². The summed E-state index contributed by atoms with van der Waals surface area (Å²) in [6, 6.07) is 10.6. The maximum absolute atomic E-state index is 9.52. The fourth-order valence-corrected chi connectivity index (χ4v) is 4.16. The van der Waals surface area contributed by atoms with Gasteiger partial charge in [-0.2, -0.15) is 13.5 Å². The Morgan fingerprint density at radius 1 is 1.00 bits per heavy atom. The lowest BCUT2D eigenvalue weighted by molar-refractivity contribution is 0.122. The van der Waals surface area contributed by atoms with Gasteiger partial charge < -0.3 is 19.6 Å². The SMILES string of the molecule is OC[C@H]1CCN(c2nc(-c3ccc(N4CCOCC4)cc3)cc3nccnc23)C1.S. The summed E-state index contributed by atoms with van der Waals surface area (Å²) < 4.78 is 5.45. The normalized spacial score (nSPS) is 19.2. The van der Waals surface area contributed by atoms with Gasteiger partial charge in [0.25, 0.3) is 0 Å². The van der Waals surface area contributed by atoms with Crippen molar-refractivity contribution in [3.05, 3.63) is 42.7 Å². The summed E-state index contributed by atoms with van der Waals surface area (Å²) in [6.45, 7) is 5.30. The standard InChI is InChI=1S/C22H25N5O2.H2S/c28-15-16-5-8-27(14-16)22-21-20(23-6-7-24-21)13-19(25-22)17-1-3-18(4-2-17)26-9-11-29-12-10-26;/h1-4,6-7,13,16,28H,5,8-12,14-15H2;1H2/t16-;/m0./s1. The summed E-state index contributed by atoms with van der Waals surface area (Å²) >= 11 is 0. The molecule has 4 heterocycles. The van der Waals surface area contributed by atoms with Gasteiger partial charge in [0.05, 0.1) is 24.4 Å². The van der Waals surface area contributed by atoms with Crippen molar-refractivity contribution in [1.82, 2.24) is 15.0 Å². The summed E-state index contributed by atoms with van der Waals surface area (Å²) in [5.41, 5.74) is 4.84. The van der Waals surface area contributed by atoms with Crippen LogP contribution < -0.4 is 9.80 Å². The van der Waals surface area contributed by atoms with Crippen LogP contribution >= 0.6 is 13.5 Å². The van der Waals surface area contributed by atoms with Crippen molar-refractivity contribution in [1.29, 1.82) is 0 Å². The lowest BCUT2D eigenvalue weighted by atomic mass is 10.1. The van der Waals surface area contributed by atoms with Gasteiger partial charge in [0.15, 0.2) is 5.82 Å². The number of aliphatic hydroxyl groups is 1. The van der Waals surface area contributed by atoms with E-state index < -0.39 is 0 Å². The molecule has 0 amide bonds. The molecular formula is C22H27N5O2S. The molecule has 3 aromatic rings. The first-order valence-electron chi connectivity index (χ1n) is 10.2. The summed E-state index contributed by atoms with van der Waals surface area (Å²) in [7, 11) is 0. The molecule has 0 unspecified atom stereocenters. The third-order valence-corrected chi connectivity index (χ3v) is 5.82. The first kappa shape index (κ1) is 20.8. The molecule has 2 aliphatic heterocycles. The molecule has 30 heavy (non-hydrogen) atoms. The summed E-state index contributed by atoms with van der Waals surface area (Å²) in [5, 5.41) is 9.52. The second-order valence-electron chi connectivity index (χ2n) is 7.68. The number of aromatic nitrogens is 3. The van der Waals surface area contributed by atoms with Crippen molar-refractivity contribution in [2.75, 3.05) is 55.8 Å². The Balaban J connectivity index is 0.00000218. The molecule has 0 spiro atoms. The van der Waals surface area contributed by atoms with Gasteiger partial charge in [0, 0.05) is 62.3 Å². The number of hydrogen-bond acceptors (Lipinski definition) is 7.